The molecule has 108 valence electrons. The summed E-state index contributed by atoms with van der Waals surface area (Å²) in [4.78, 5) is 25.5. The maximum absolute atomic E-state index is 12.0. The van der Waals surface area contributed by atoms with Gasteiger partial charge in [0.25, 0.3) is 5.91 Å². The van der Waals surface area contributed by atoms with Crippen molar-refractivity contribution in [3.05, 3.63) is 34.3 Å². The van der Waals surface area contributed by atoms with Crippen molar-refractivity contribution in [1.29, 1.82) is 0 Å². The fourth-order valence-corrected chi connectivity index (χ4v) is 2.58. The third-order valence-electron chi connectivity index (χ3n) is 3.41. The lowest BCUT2D eigenvalue weighted by Gasteiger charge is -2.23. The first-order valence-corrected chi connectivity index (χ1v) is 7.35. The summed E-state index contributed by atoms with van der Waals surface area (Å²) in [5.74, 6) is -0.419. The lowest BCUT2D eigenvalue weighted by Crippen LogP contribution is -2.43. The number of nitrogens with one attached hydrogen (secondary N) is 1. The van der Waals surface area contributed by atoms with Crippen LogP contribution in [0, 0.1) is 0 Å². The number of benzene rings is 1. The van der Waals surface area contributed by atoms with Crippen LogP contribution in [0.4, 0.5) is 0 Å². The predicted molar refractivity (Wildman–Crippen MR) is 78.3 cm³/mol. The molecule has 0 aromatic heterocycles. The van der Waals surface area contributed by atoms with Gasteiger partial charge in [-0.3, -0.25) is 9.59 Å². The molecular weight excluding hydrogens is 324 g/mol. The van der Waals surface area contributed by atoms with Gasteiger partial charge in [0, 0.05) is 16.6 Å². The van der Waals surface area contributed by atoms with Gasteiger partial charge in [0.1, 0.15) is 0 Å². The molecule has 1 fully saturated rings. The standard InChI is InChI=1S/C14H17BrN2O3/c15-11-5-3-10(4-6-11)14(20)16-8-13(19)17-7-1-2-12(17)9-18/h3-6,12,18H,1-2,7-9H2,(H,16,20)/t12-/m0/s1. The highest BCUT2D eigenvalue weighted by molar-refractivity contribution is 9.10. The van der Waals surface area contributed by atoms with Gasteiger partial charge < -0.3 is 15.3 Å². The molecule has 0 spiro atoms. The van der Waals surface area contributed by atoms with Crippen LogP contribution in [-0.2, 0) is 4.79 Å². The van der Waals surface area contributed by atoms with E-state index in [1.165, 1.54) is 0 Å². The van der Waals surface area contributed by atoms with E-state index in [0.717, 1.165) is 17.3 Å². The van der Waals surface area contributed by atoms with E-state index in [1.807, 2.05) is 0 Å². The van der Waals surface area contributed by atoms with E-state index in [1.54, 1.807) is 29.2 Å². The van der Waals surface area contributed by atoms with E-state index in [2.05, 4.69) is 21.2 Å². The average molecular weight is 341 g/mol. The van der Waals surface area contributed by atoms with Crippen molar-refractivity contribution in [3.8, 4) is 0 Å². The summed E-state index contributed by atoms with van der Waals surface area (Å²) in [6.07, 6.45) is 1.72. The van der Waals surface area contributed by atoms with Gasteiger partial charge in [-0.15, -0.1) is 0 Å². The molecule has 6 heteroatoms. The van der Waals surface area contributed by atoms with Crippen LogP contribution in [0.15, 0.2) is 28.7 Å². The van der Waals surface area contributed by atoms with Crippen LogP contribution < -0.4 is 5.32 Å². The second-order valence-corrected chi connectivity index (χ2v) is 5.67. The van der Waals surface area contributed by atoms with E-state index in [9.17, 15) is 14.7 Å². The van der Waals surface area contributed by atoms with Crippen molar-refractivity contribution in [1.82, 2.24) is 10.2 Å². The fraction of sp³-hybridized carbons (Fsp3) is 0.429. The molecule has 20 heavy (non-hydrogen) atoms. The van der Waals surface area contributed by atoms with Gasteiger partial charge in [-0.1, -0.05) is 15.9 Å². The Bertz CT molecular complexity index is 490. The first-order valence-electron chi connectivity index (χ1n) is 6.56. The highest BCUT2D eigenvalue weighted by Crippen LogP contribution is 2.16. The predicted octanol–water partition coefficient (Wildman–Crippen LogP) is 1.16. The number of halogens is 1. The summed E-state index contributed by atoms with van der Waals surface area (Å²) in [6.45, 7) is 0.593. The number of hydrogen-bond donors (Lipinski definition) is 2. The lowest BCUT2D eigenvalue weighted by atomic mass is 10.2. The molecule has 5 nitrogen and oxygen atoms in total. The Morgan fingerprint density at radius 1 is 1.35 bits per heavy atom. The maximum Gasteiger partial charge on any atom is 0.251 e. The molecule has 1 saturated heterocycles. The highest BCUT2D eigenvalue weighted by atomic mass is 79.9. The van der Waals surface area contributed by atoms with Gasteiger partial charge in [-0.25, -0.2) is 0 Å². The minimum Gasteiger partial charge on any atom is -0.394 e. The Kier molecular flexibility index (Phi) is 5.14. The largest absolute Gasteiger partial charge is 0.394 e. The van der Waals surface area contributed by atoms with Crippen LogP contribution in [0.25, 0.3) is 0 Å². The Morgan fingerprint density at radius 3 is 2.70 bits per heavy atom. The monoisotopic (exact) mass is 340 g/mol. The maximum atomic E-state index is 12.0. The van der Waals surface area contributed by atoms with Crippen LogP contribution in [0.1, 0.15) is 23.2 Å². The van der Waals surface area contributed by atoms with Gasteiger partial charge in [0.05, 0.1) is 19.2 Å². The number of nitrogens with zero attached hydrogens (tertiary/aromatic N) is 1. The van der Waals surface area contributed by atoms with E-state index in [0.29, 0.717) is 12.1 Å². The second kappa shape index (κ2) is 6.85. The zero-order valence-corrected chi connectivity index (χ0v) is 12.6. The normalized spacial score (nSPS) is 18.1. The molecule has 0 bridgehead atoms. The van der Waals surface area contributed by atoms with Crippen molar-refractivity contribution in [2.24, 2.45) is 0 Å². The Hall–Kier alpha value is -1.40. The Labute approximate surface area is 126 Å². The molecule has 1 aliphatic rings. The second-order valence-electron chi connectivity index (χ2n) is 4.76. The van der Waals surface area contributed by atoms with Crippen molar-refractivity contribution in [2.75, 3.05) is 19.7 Å². The number of aliphatic hydroxyl groups is 1. The van der Waals surface area contributed by atoms with E-state index in [4.69, 9.17) is 0 Å². The number of amides is 2. The van der Waals surface area contributed by atoms with Gasteiger partial charge in [-0.05, 0) is 37.1 Å². The topological polar surface area (TPSA) is 69.6 Å². The SMILES string of the molecule is O=C(NCC(=O)N1CCC[C@H]1CO)c1ccc(Br)cc1. The molecular formula is C14H17BrN2O3. The summed E-state index contributed by atoms with van der Waals surface area (Å²) < 4.78 is 0.896. The summed E-state index contributed by atoms with van der Waals surface area (Å²) >= 11 is 3.30. The van der Waals surface area contributed by atoms with Crippen molar-refractivity contribution < 1.29 is 14.7 Å². The first-order chi connectivity index (χ1) is 9.61. The third-order valence-corrected chi connectivity index (χ3v) is 3.94. The van der Waals surface area contributed by atoms with Crippen molar-refractivity contribution in [3.63, 3.8) is 0 Å². The number of likely N-dealkylation sites (tertiary alicyclic amines) is 1. The smallest absolute Gasteiger partial charge is 0.251 e. The van der Waals surface area contributed by atoms with Gasteiger partial charge in [0.2, 0.25) is 5.91 Å². The molecule has 1 aromatic carbocycles. The van der Waals surface area contributed by atoms with Crippen LogP contribution in [0.2, 0.25) is 0 Å². The lowest BCUT2D eigenvalue weighted by molar-refractivity contribution is -0.131. The van der Waals surface area contributed by atoms with E-state index in [-0.39, 0.29) is 31.0 Å². The van der Waals surface area contributed by atoms with Crippen LogP contribution in [-0.4, -0.2) is 47.6 Å². The molecule has 1 aliphatic heterocycles. The summed E-state index contributed by atoms with van der Waals surface area (Å²) in [5.41, 5.74) is 0.515. The molecule has 0 unspecified atom stereocenters. The van der Waals surface area contributed by atoms with E-state index >= 15 is 0 Å². The average Bonchev–Trinajstić information content (AvgIpc) is 2.93. The molecule has 2 N–H and O–H groups in total. The molecule has 1 aromatic rings. The van der Waals surface area contributed by atoms with Crippen LogP contribution in [0.5, 0.6) is 0 Å². The minimum absolute atomic E-state index is 0.0214. The first kappa shape index (κ1) is 15.0. The fourth-order valence-electron chi connectivity index (χ4n) is 2.31. The molecule has 2 rings (SSSR count). The highest BCUT2D eigenvalue weighted by Gasteiger charge is 2.27. The van der Waals surface area contributed by atoms with Crippen LogP contribution >= 0.6 is 15.9 Å². The zero-order valence-electron chi connectivity index (χ0n) is 11.0. The number of hydrogen-bond acceptors (Lipinski definition) is 3. The van der Waals surface area contributed by atoms with Crippen molar-refractivity contribution in [2.45, 2.75) is 18.9 Å². The minimum atomic E-state index is -0.273. The summed E-state index contributed by atoms with van der Waals surface area (Å²) in [7, 11) is 0. The molecule has 1 heterocycles. The van der Waals surface area contributed by atoms with Gasteiger partial charge in [-0.2, -0.15) is 0 Å². The Balaban J connectivity index is 1.87. The van der Waals surface area contributed by atoms with Crippen molar-refractivity contribution >= 4 is 27.7 Å². The third kappa shape index (κ3) is 3.58. The molecule has 0 aliphatic carbocycles. The number of carbonyl (C=O) groups is 2. The molecule has 1 atom stereocenters. The van der Waals surface area contributed by atoms with Gasteiger partial charge >= 0.3 is 0 Å². The van der Waals surface area contributed by atoms with E-state index < -0.39 is 0 Å². The number of carbonyl (C=O) groups excluding carboxylic acids is 2. The molecule has 2 amide bonds. The summed E-state index contributed by atoms with van der Waals surface area (Å²) in [5, 5.41) is 11.8. The number of rotatable bonds is 4. The zero-order chi connectivity index (χ0) is 14.5. The van der Waals surface area contributed by atoms with Gasteiger partial charge in [0.15, 0.2) is 0 Å². The number of aliphatic hydroxyl groups excluding tert-OH is 1. The summed E-state index contributed by atoms with van der Waals surface area (Å²) in [6, 6.07) is 6.83. The molecule has 0 radical (unpaired) electrons. The quantitative estimate of drug-likeness (QED) is 0.864. The Morgan fingerprint density at radius 2 is 2.05 bits per heavy atom. The molecule has 0 saturated carbocycles. The van der Waals surface area contributed by atoms with Crippen LogP contribution in [0.3, 0.4) is 0 Å².